The summed E-state index contributed by atoms with van der Waals surface area (Å²) in [6, 6.07) is 5.86. The minimum absolute atomic E-state index is 0.0610. The van der Waals surface area contributed by atoms with Gasteiger partial charge in [0.1, 0.15) is 18.2 Å². The van der Waals surface area contributed by atoms with Crippen LogP contribution in [0.2, 0.25) is 0 Å². The normalized spacial score (nSPS) is 24.9. The number of aromatic nitrogens is 2. The molecule has 2 fully saturated rings. The molecule has 2 saturated heterocycles. The number of halogens is 1. The molecule has 1 aromatic carbocycles. The van der Waals surface area contributed by atoms with E-state index in [0.29, 0.717) is 24.5 Å². The number of nitrogens with zero attached hydrogens (tertiary/aromatic N) is 3. The summed E-state index contributed by atoms with van der Waals surface area (Å²) in [5.41, 5.74) is 1.26. The molecular formula is C19H19FN4O3. The molecule has 7 nitrogen and oxygen atoms in total. The molecule has 0 saturated carbocycles. The predicted octanol–water partition coefficient (Wildman–Crippen LogP) is 1.05. The molecule has 2 aromatic rings. The topological polar surface area (TPSA) is 84.4 Å². The molecule has 27 heavy (non-hydrogen) atoms. The third-order valence-electron chi connectivity index (χ3n) is 5.07. The van der Waals surface area contributed by atoms with Gasteiger partial charge in [-0.1, -0.05) is 12.1 Å². The average Bonchev–Trinajstić information content (AvgIpc) is 2.92. The van der Waals surface area contributed by atoms with Crippen LogP contribution in [0.3, 0.4) is 0 Å². The molecule has 0 radical (unpaired) electrons. The van der Waals surface area contributed by atoms with Crippen molar-refractivity contribution in [2.24, 2.45) is 0 Å². The minimum atomic E-state index is -0.357. The maximum Gasteiger partial charge on any atom is 0.257 e. The van der Waals surface area contributed by atoms with Gasteiger partial charge in [0, 0.05) is 31.4 Å². The van der Waals surface area contributed by atoms with E-state index >= 15 is 0 Å². The highest BCUT2D eigenvalue weighted by molar-refractivity contribution is 5.94. The van der Waals surface area contributed by atoms with E-state index in [-0.39, 0.29) is 42.3 Å². The molecular weight excluding hydrogens is 351 g/mol. The number of fused-ring (bicyclic) bond motifs is 1. The molecule has 2 amide bonds. The van der Waals surface area contributed by atoms with E-state index in [1.165, 1.54) is 24.5 Å². The molecule has 0 spiro atoms. The largest absolute Gasteiger partial charge is 0.365 e. The van der Waals surface area contributed by atoms with Gasteiger partial charge in [-0.25, -0.2) is 14.4 Å². The van der Waals surface area contributed by atoms with Crippen molar-refractivity contribution in [2.75, 3.05) is 19.7 Å². The minimum Gasteiger partial charge on any atom is -0.365 e. The van der Waals surface area contributed by atoms with Crippen LogP contribution in [0.25, 0.3) is 0 Å². The lowest BCUT2D eigenvalue weighted by atomic mass is 9.93. The summed E-state index contributed by atoms with van der Waals surface area (Å²) in [7, 11) is 0. The van der Waals surface area contributed by atoms with Crippen molar-refractivity contribution in [1.29, 1.82) is 0 Å². The number of amides is 2. The molecule has 0 aliphatic carbocycles. The summed E-state index contributed by atoms with van der Waals surface area (Å²) in [5.74, 6) is -0.321. The van der Waals surface area contributed by atoms with Crippen LogP contribution in [0.15, 0.2) is 36.7 Å². The molecule has 4 rings (SSSR count). The van der Waals surface area contributed by atoms with E-state index in [1.807, 2.05) is 0 Å². The quantitative estimate of drug-likeness (QED) is 0.854. The van der Waals surface area contributed by atoms with Gasteiger partial charge in [0.25, 0.3) is 5.91 Å². The molecule has 2 aliphatic rings. The smallest absolute Gasteiger partial charge is 0.257 e. The second-order valence-electron chi connectivity index (χ2n) is 6.78. The summed E-state index contributed by atoms with van der Waals surface area (Å²) in [5, 5.41) is 2.79. The first-order chi connectivity index (χ1) is 13.0. The van der Waals surface area contributed by atoms with Crippen LogP contribution in [0.1, 0.15) is 27.7 Å². The fourth-order valence-electron chi connectivity index (χ4n) is 3.70. The zero-order valence-electron chi connectivity index (χ0n) is 14.8. The van der Waals surface area contributed by atoms with Gasteiger partial charge in [0.05, 0.1) is 17.7 Å². The Kier molecular flexibility index (Phi) is 4.57. The van der Waals surface area contributed by atoms with Gasteiger partial charge in [-0.2, -0.15) is 0 Å². The van der Waals surface area contributed by atoms with E-state index in [9.17, 15) is 14.0 Å². The number of ether oxygens (including phenoxy) is 1. The molecule has 140 valence electrons. The maximum absolute atomic E-state index is 13.3. The van der Waals surface area contributed by atoms with Crippen molar-refractivity contribution in [2.45, 2.75) is 25.0 Å². The summed E-state index contributed by atoms with van der Waals surface area (Å²) in [4.78, 5) is 34.7. The first-order valence-corrected chi connectivity index (χ1v) is 8.76. The zero-order chi connectivity index (χ0) is 19.0. The van der Waals surface area contributed by atoms with E-state index in [4.69, 9.17) is 4.74 Å². The molecule has 0 unspecified atom stereocenters. The monoisotopic (exact) mass is 370 g/mol. The lowest BCUT2D eigenvalue weighted by Crippen LogP contribution is -2.45. The molecule has 2 aliphatic heterocycles. The lowest BCUT2D eigenvalue weighted by molar-refractivity contribution is -0.125. The van der Waals surface area contributed by atoms with Crippen LogP contribution >= 0.6 is 0 Å². The van der Waals surface area contributed by atoms with Crippen molar-refractivity contribution in [1.82, 2.24) is 20.2 Å². The van der Waals surface area contributed by atoms with Gasteiger partial charge in [0.2, 0.25) is 5.91 Å². The Bertz CT molecular complexity index is 856. The van der Waals surface area contributed by atoms with Crippen molar-refractivity contribution in [3.63, 3.8) is 0 Å². The Hall–Kier alpha value is -2.87. The molecule has 3 heterocycles. The summed E-state index contributed by atoms with van der Waals surface area (Å²) < 4.78 is 19.2. The molecule has 8 heteroatoms. The Morgan fingerprint density at radius 1 is 1.26 bits per heavy atom. The Labute approximate surface area is 155 Å². The molecule has 1 N–H and O–H groups in total. The van der Waals surface area contributed by atoms with Crippen LogP contribution in [0, 0.1) is 12.7 Å². The van der Waals surface area contributed by atoms with Gasteiger partial charge in [-0.15, -0.1) is 0 Å². The standard InChI is InChI=1S/C19H19FN4O3/c1-11-21-6-13(7-22-11)19(26)24-9-15(12-2-4-14(20)5-3-12)18-16(24)8-23-17(25)10-27-18/h2-7,15-16,18H,8-10H2,1H3,(H,23,25)/t15-,16-,18-/m1/s1. The number of carbonyl (C=O) groups excluding carboxylic acids is 2. The van der Waals surface area contributed by atoms with Crippen molar-refractivity contribution >= 4 is 11.8 Å². The maximum atomic E-state index is 13.3. The Balaban J connectivity index is 1.66. The fourth-order valence-corrected chi connectivity index (χ4v) is 3.70. The van der Waals surface area contributed by atoms with Crippen LogP contribution < -0.4 is 5.32 Å². The molecule has 3 atom stereocenters. The summed E-state index contributed by atoms with van der Waals surface area (Å²) in [6.07, 6.45) is 2.65. The number of hydrogen-bond donors (Lipinski definition) is 1. The number of hydrogen-bond acceptors (Lipinski definition) is 5. The van der Waals surface area contributed by atoms with Crippen LogP contribution in [-0.2, 0) is 9.53 Å². The highest BCUT2D eigenvalue weighted by atomic mass is 19.1. The van der Waals surface area contributed by atoms with E-state index in [0.717, 1.165) is 5.56 Å². The second-order valence-corrected chi connectivity index (χ2v) is 6.78. The van der Waals surface area contributed by atoms with Crippen LogP contribution in [0.4, 0.5) is 4.39 Å². The number of benzene rings is 1. The first-order valence-electron chi connectivity index (χ1n) is 8.76. The van der Waals surface area contributed by atoms with Crippen molar-refractivity contribution in [3.8, 4) is 0 Å². The molecule has 0 bridgehead atoms. The van der Waals surface area contributed by atoms with Crippen LogP contribution in [-0.4, -0.2) is 58.5 Å². The number of nitrogens with one attached hydrogen (secondary N) is 1. The lowest BCUT2D eigenvalue weighted by Gasteiger charge is -2.26. The van der Waals surface area contributed by atoms with Gasteiger partial charge >= 0.3 is 0 Å². The van der Waals surface area contributed by atoms with E-state index < -0.39 is 0 Å². The SMILES string of the molecule is Cc1ncc(C(=O)N2C[C@H](c3ccc(F)cc3)[C@H]3OCC(=O)NC[C@H]32)cn1. The number of rotatable bonds is 2. The average molecular weight is 370 g/mol. The highest BCUT2D eigenvalue weighted by Crippen LogP contribution is 2.36. The van der Waals surface area contributed by atoms with E-state index in [2.05, 4.69) is 15.3 Å². The van der Waals surface area contributed by atoms with Crippen molar-refractivity contribution in [3.05, 3.63) is 59.4 Å². The highest BCUT2D eigenvalue weighted by Gasteiger charge is 2.47. The van der Waals surface area contributed by atoms with Gasteiger partial charge in [0.15, 0.2) is 0 Å². The van der Waals surface area contributed by atoms with Gasteiger partial charge in [-0.05, 0) is 24.6 Å². The first kappa shape index (κ1) is 17.5. The van der Waals surface area contributed by atoms with E-state index in [1.54, 1.807) is 24.0 Å². The predicted molar refractivity (Wildman–Crippen MR) is 93.5 cm³/mol. The van der Waals surface area contributed by atoms with Gasteiger partial charge in [-0.3, -0.25) is 9.59 Å². The third kappa shape index (κ3) is 3.40. The summed E-state index contributed by atoms with van der Waals surface area (Å²) in [6.45, 7) is 2.40. The van der Waals surface area contributed by atoms with Gasteiger partial charge < -0.3 is 15.0 Å². The number of carbonyl (C=O) groups is 2. The number of aryl methyl sites for hydroxylation is 1. The second kappa shape index (κ2) is 7.03. The van der Waals surface area contributed by atoms with Crippen molar-refractivity contribution < 1.29 is 18.7 Å². The third-order valence-corrected chi connectivity index (χ3v) is 5.07. The zero-order valence-corrected chi connectivity index (χ0v) is 14.8. The van der Waals surface area contributed by atoms with Crippen LogP contribution in [0.5, 0.6) is 0 Å². The Morgan fingerprint density at radius 2 is 1.96 bits per heavy atom. The number of likely N-dealkylation sites (tertiary alicyclic amines) is 1. The molecule has 1 aromatic heterocycles. The summed E-state index contributed by atoms with van der Waals surface area (Å²) >= 11 is 0. The fraction of sp³-hybridized carbons (Fsp3) is 0.368. The Morgan fingerprint density at radius 3 is 2.67 bits per heavy atom.